The lowest BCUT2D eigenvalue weighted by atomic mass is 9.85. The number of likely N-dealkylation sites (tertiary alicyclic amines) is 1. The monoisotopic (exact) mass is 570 g/mol. The molecule has 6 rings (SSSR count). The van der Waals surface area contributed by atoms with Crippen LogP contribution in [0.3, 0.4) is 0 Å². The van der Waals surface area contributed by atoms with Crippen molar-refractivity contribution in [1.29, 1.82) is 0 Å². The summed E-state index contributed by atoms with van der Waals surface area (Å²) in [4.78, 5) is 20.5. The van der Waals surface area contributed by atoms with Crippen LogP contribution in [0.1, 0.15) is 36.0 Å². The van der Waals surface area contributed by atoms with Gasteiger partial charge in [-0.1, -0.05) is 48.5 Å². The first-order valence-corrected chi connectivity index (χ1v) is 15.5. The molecule has 1 amide bonds. The van der Waals surface area contributed by atoms with Crippen LogP contribution in [0.5, 0.6) is 5.75 Å². The zero-order chi connectivity index (χ0) is 28.9. The molecule has 42 heavy (non-hydrogen) atoms. The van der Waals surface area contributed by atoms with Crippen LogP contribution in [-0.2, 0) is 24.2 Å². The van der Waals surface area contributed by atoms with Crippen molar-refractivity contribution in [2.45, 2.75) is 50.7 Å². The van der Waals surface area contributed by atoms with E-state index in [2.05, 4.69) is 44.3 Å². The Kier molecular flexibility index (Phi) is 9.06. The van der Waals surface area contributed by atoms with Gasteiger partial charge in [0.05, 0.1) is 12.8 Å². The summed E-state index contributed by atoms with van der Waals surface area (Å²) < 4.78 is 19.7. The number of anilines is 1. The molecule has 3 aromatic carbocycles. The number of piperazine rings is 1. The number of carbonyl (C=O) groups is 1. The van der Waals surface area contributed by atoms with E-state index < -0.39 is 0 Å². The SMILES string of the molecule is COc1ccc(CNC(=O)CC[C@H]2CN(C3Cc4ccccc4C3)CC[C@H]2N2CCN(c3ccccc3F)CC2)cc1. The van der Waals surface area contributed by atoms with Crippen LogP contribution in [0.4, 0.5) is 10.1 Å². The number of nitrogens with zero attached hydrogens (tertiary/aromatic N) is 3. The van der Waals surface area contributed by atoms with Crippen LogP contribution >= 0.6 is 0 Å². The van der Waals surface area contributed by atoms with Gasteiger partial charge in [0.25, 0.3) is 0 Å². The van der Waals surface area contributed by atoms with Crippen molar-refractivity contribution in [3.63, 3.8) is 0 Å². The molecule has 2 saturated heterocycles. The molecule has 6 nitrogen and oxygen atoms in total. The first-order chi connectivity index (χ1) is 20.6. The first kappa shape index (κ1) is 28.7. The third-order valence-corrected chi connectivity index (χ3v) is 9.64. The number of benzene rings is 3. The van der Waals surface area contributed by atoms with Gasteiger partial charge in [0.15, 0.2) is 0 Å². The lowest BCUT2D eigenvalue weighted by Crippen LogP contribution is -2.58. The Morgan fingerprint density at radius 3 is 2.26 bits per heavy atom. The molecule has 0 radical (unpaired) electrons. The van der Waals surface area contributed by atoms with Gasteiger partial charge in [0.2, 0.25) is 5.91 Å². The minimum atomic E-state index is -0.143. The smallest absolute Gasteiger partial charge is 0.220 e. The molecule has 0 saturated carbocycles. The first-order valence-electron chi connectivity index (χ1n) is 15.5. The summed E-state index contributed by atoms with van der Waals surface area (Å²) in [6, 6.07) is 24.8. The van der Waals surface area contributed by atoms with E-state index in [1.165, 1.54) is 11.1 Å². The summed E-state index contributed by atoms with van der Waals surface area (Å²) in [5.74, 6) is 1.21. The largest absolute Gasteiger partial charge is 0.497 e. The van der Waals surface area contributed by atoms with Crippen LogP contribution in [0.15, 0.2) is 72.8 Å². The van der Waals surface area contributed by atoms with Gasteiger partial charge in [-0.2, -0.15) is 0 Å². The summed E-state index contributed by atoms with van der Waals surface area (Å²) >= 11 is 0. The second-order valence-electron chi connectivity index (χ2n) is 12.1. The molecule has 222 valence electrons. The summed E-state index contributed by atoms with van der Waals surface area (Å²) in [6.45, 7) is 6.16. The van der Waals surface area contributed by atoms with Crippen molar-refractivity contribution in [1.82, 2.24) is 15.1 Å². The minimum absolute atomic E-state index is 0.110. The second-order valence-corrected chi connectivity index (χ2v) is 12.1. The average molecular weight is 571 g/mol. The van der Waals surface area contributed by atoms with Crippen molar-refractivity contribution in [3.05, 3.63) is 95.3 Å². The summed E-state index contributed by atoms with van der Waals surface area (Å²) in [7, 11) is 1.66. The topological polar surface area (TPSA) is 48.1 Å². The van der Waals surface area contributed by atoms with Crippen molar-refractivity contribution in [3.8, 4) is 5.75 Å². The number of fused-ring (bicyclic) bond motifs is 1. The lowest BCUT2D eigenvalue weighted by molar-refractivity contribution is -0.121. The van der Waals surface area contributed by atoms with Crippen molar-refractivity contribution >= 4 is 11.6 Å². The Bertz CT molecular complexity index is 1320. The Labute approximate surface area is 249 Å². The number of piperidine rings is 1. The molecule has 3 aromatic rings. The maximum atomic E-state index is 14.5. The van der Waals surface area contributed by atoms with Gasteiger partial charge in [0, 0.05) is 57.8 Å². The quantitative estimate of drug-likeness (QED) is 0.396. The summed E-state index contributed by atoms with van der Waals surface area (Å²) in [5.41, 5.74) is 4.75. The highest BCUT2D eigenvalue weighted by molar-refractivity contribution is 5.75. The van der Waals surface area contributed by atoms with Crippen LogP contribution in [0.25, 0.3) is 0 Å². The van der Waals surface area contributed by atoms with Gasteiger partial charge in [-0.05, 0) is 79.1 Å². The molecule has 2 aliphatic heterocycles. The van der Waals surface area contributed by atoms with Crippen LogP contribution in [0, 0.1) is 11.7 Å². The predicted molar refractivity (Wildman–Crippen MR) is 165 cm³/mol. The highest BCUT2D eigenvalue weighted by atomic mass is 19.1. The fourth-order valence-electron chi connectivity index (χ4n) is 7.29. The van der Waals surface area contributed by atoms with Crippen molar-refractivity contribution in [2.75, 3.05) is 51.3 Å². The third kappa shape index (κ3) is 6.63. The van der Waals surface area contributed by atoms with Crippen molar-refractivity contribution in [2.24, 2.45) is 5.92 Å². The van der Waals surface area contributed by atoms with E-state index in [-0.39, 0.29) is 11.7 Å². The third-order valence-electron chi connectivity index (χ3n) is 9.64. The zero-order valence-electron chi connectivity index (χ0n) is 24.7. The molecule has 7 heteroatoms. The standard InChI is InChI=1S/C35H43FN4O2/c1-42-31-13-10-26(11-14-31)24-37-35(41)15-12-29-25-40(30-22-27-6-2-3-7-28(27)23-30)17-16-33(29)38-18-20-39(21-19-38)34-9-5-4-8-32(34)36/h2-11,13-14,29-30,33H,12,15-25H2,1H3,(H,37,41)/t29-,33+/m0/s1. The Balaban J connectivity index is 1.08. The number of methoxy groups -OCH3 is 1. The number of hydrogen-bond donors (Lipinski definition) is 1. The maximum Gasteiger partial charge on any atom is 0.220 e. The van der Waals surface area contributed by atoms with Crippen LogP contribution in [0.2, 0.25) is 0 Å². The number of halogens is 1. The normalized spacial score (nSPS) is 21.7. The van der Waals surface area contributed by atoms with Gasteiger partial charge >= 0.3 is 0 Å². The van der Waals surface area contributed by atoms with E-state index in [1.54, 1.807) is 19.2 Å². The molecular formula is C35H43FN4O2. The minimum Gasteiger partial charge on any atom is -0.497 e. The van der Waals surface area contributed by atoms with Crippen LogP contribution in [-0.4, -0.2) is 74.2 Å². The maximum absolute atomic E-state index is 14.5. The van der Waals surface area contributed by atoms with E-state index in [1.807, 2.05) is 36.4 Å². The number of para-hydroxylation sites is 1. The molecule has 0 bridgehead atoms. The Morgan fingerprint density at radius 2 is 1.57 bits per heavy atom. The molecule has 3 aliphatic rings. The van der Waals surface area contributed by atoms with E-state index in [0.717, 1.165) is 76.3 Å². The highest BCUT2D eigenvalue weighted by Crippen LogP contribution is 2.33. The molecule has 1 N–H and O–H groups in total. The fourth-order valence-corrected chi connectivity index (χ4v) is 7.29. The van der Waals surface area contributed by atoms with Gasteiger partial charge in [-0.3, -0.25) is 14.6 Å². The van der Waals surface area contributed by atoms with E-state index in [9.17, 15) is 9.18 Å². The Hall–Kier alpha value is -3.42. The molecule has 0 aromatic heterocycles. The number of ether oxygens (including phenoxy) is 1. The van der Waals surface area contributed by atoms with Gasteiger partial charge in [-0.25, -0.2) is 4.39 Å². The lowest BCUT2D eigenvalue weighted by Gasteiger charge is -2.48. The molecule has 0 unspecified atom stereocenters. The Morgan fingerprint density at radius 1 is 0.881 bits per heavy atom. The van der Waals surface area contributed by atoms with Crippen molar-refractivity contribution < 1.29 is 13.9 Å². The molecule has 0 spiro atoms. The van der Waals surface area contributed by atoms with Gasteiger partial charge < -0.3 is 15.0 Å². The number of rotatable bonds is 9. The average Bonchev–Trinajstić information content (AvgIpc) is 3.48. The number of amides is 1. The molecule has 2 atom stereocenters. The molecule has 1 aliphatic carbocycles. The number of carbonyl (C=O) groups excluding carboxylic acids is 1. The van der Waals surface area contributed by atoms with Gasteiger partial charge in [-0.15, -0.1) is 0 Å². The van der Waals surface area contributed by atoms with E-state index >= 15 is 0 Å². The zero-order valence-corrected chi connectivity index (χ0v) is 24.7. The predicted octanol–water partition coefficient (Wildman–Crippen LogP) is 4.91. The fraction of sp³-hybridized carbons (Fsp3) is 0.457. The number of hydrogen-bond acceptors (Lipinski definition) is 5. The van der Waals surface area contributed by atoms with E-state index in [0.29, 0.717) is 36.7 Å². The van der Waals surface area contributed by atoms with Gasteiger partial charge in [0.1, 0.15) is 11.6 Å². The molecule has 2 fully saturated rings. The van der Waals surface area contributed by atoms with E-state index in [4.69, 9.17) is 4.74 Å². The summed E-state index contributed by atoms with van der Waals surface area (Å²) in [5, 5.41) is 3.13. The second kappa shape index (κ2) is 13.3. The molecule has 2 heterocycles. The number of nitrogens with one attached hydrogen (secondary N) is 1. The summed E-state index contributed by atoms with van der Waals surface area (Å²) in [6.07, 6.45) is 4.77. The molecular weight excluding hydrogens is 527 g/mol. The highest BCUT2D eigenvalue weighted by Gasteiger charge is 2.38. The van der Waals surface area contributed by atoms with Crippen LogP contribution < -0.4 is 15.0 Å².